The molecule has 2 N–H and O–H groups in total. The lowest BCUT2D eigenvalue weighted by atomic mass is 10.4. The van der Waals surface area contributed by atoms with E-state index in [1.807, 2.05) is 0 Å². The molecule has 1 heterocycles. The molecule has 0 bridgehead atoms. The van der Waals surface area contributed by atoms with Gasteiger partial charge >= 0.3 is 0 Å². The average molecular weight is 368 g/mol. The van der Waals surface area contributed by atoms with E-state index in [-0.39, 0.29) is 0 Å². The second kappa shape index (κ2) is 10.7. The minimum Gasteiger partial charge on any atom is -0.383 e. The summed E-state index contributed by atoms with van der Waals surface area (Å²) in [5.41, 5.74) is 1.15. The quantitative estimate of drug-likeness (QED) is 0.462. The van der Waals surface area contributed by atoms with E-state index in [4.69, 9.17) is 9.73 Å². The van der Waals surface area contributed by atoms with Crippen LogP contribution in [-0.4, -0.2) is 68.3 Å². The van der Waals surface area contributed by atoms with Crippen molar-refractivity contribution in [3.63, 3.8) is 0 Å². The molecule has 1 aliphatic rings. The lowest BCUT2D eigenvalue weighted by Gasteiger charge is -2.20. The van der Waals surface area contributed by atoms with Crippen molar-refractivity contribution >= 4 is 17.3 Å². The zero-order valence-electron chi connectivity index (χ0n) is 16.1. The van der Waals surface area contributed by atoms with Crippen molar-refractivity contribution in [1.29, 1.82) is 0 Å². The Bertz CT molecular complexity index is 522. The number of hydrogen-bond acceptors (Lipinski definition) is 5. The van der Waals surface area contributed by atoms with Crippen molar-refractivity contribution in [1.82, 2.24) is 20.5 Å². The summed E-state index contributed by atoms with van der Waals surface area (Å²) in [5.74, 6) is 0.898. The third-order valence-electron chi connectivity index (χ3n) is 4.35. The molecule has 0 spiro atoms. The van der Waals surface area contributed by atoms with Crippen molar-refractivity contribution in [3.8, 4) is 0 Å². The van der Waals surface area contributed by atoms with Gasteiger partial charge in [0.25, 0.3) is 0 Å². The summed E-state index contributed by atoms with van der Waals surface area (Å²) in [5, 5.41) is 7.94. The van der Waals surface area contributed by atoms with Gasteiger partial charge in [-0.1, -0.05) is 0 Å². The fraction of sp³-hybridized carbons (Fsp3) is 0.778. The SMILES string of the molecule is CCNC(=NCCN(CCOC)C1CC1)NCCc1nc(C)c(C)s1. The number of guanidine groups is 1. The zero-order valence-corrected chi connectivity index (χ0v) is 16.9. The number of nitrogens with zero attached hydrogens (tertiary/aromatic N) is 3. The molecule has 25 heavy (non-hydrogen) atoms. The van der Waals surface area contributed by atoms with Crippen LogP contribution >= 0.6 is 11.3 Å². The molecule has 0 amide bonds. The van der Waals surface area contributed by atoms with Crippen LogP contribution in [0.2, 0.25) is 0 Å². The van der Waals surface area contributed by atoms with E-state index < -0.39 is 0 Å². The molecule has 1 aromatic heterocycles. The number of methoxy groups -OCH3 is 1. The Morgan fingerprint density at radius 1 is 1.32 bits per heavy atom. The third kappa shape index (κ3) is 7.30. The zero-order chi connectivity index (χ0) is 18.1. The Labute approximate surface area is 156 Å². The number of hydrogen-bond donors (Lipinski definition) is 2. The first-order valence-corrected chi connectivity index (χ1v) is 10.1. The largest absolute Gasteiger partial charge is 0.383 e. The van der Waals surface area contributed by atoms with Gasteiger partial charge in [-0.2, -0.15) is 0 Å². The number of thiazole rings is 1. The molecule has 1 saturated carbocycles. The van der Waals surface area contributed by atoms with Crippen LogP contribution in [-0.2, 0) is 11.2 Å². The number of rotatable bonds is 11. The van der Waals surface area contributed by atoms with E-state index in [0.29, 0.717) is 0 Å². The maximum absolute atomic E-state index is 5.21. The van der Waals surface area contributed by atoms with Crippen molar-refractivity contribution in [3.05, 3.63) is 15.6 Å². The van der Waals surface area contributed by atoms with Gasteiger partial charge in [0.2, 0.25) is 0 Å². The van der Waals surface area contributed by atoms with Crippen LogP contribution in [0, 0.1) is 13.8 Å². The van der Waals surface area contributed by atoms with Crippen LogP contribution in [0.1, 0.15) is 35.3 Å². The third-order valence-corrected chi connectivity index (χ3v) is 5.48. The van der Waals surface area contributed by atoms with Crippen LogP contribution in [0.5, 0.6) is 0 Å². The van der Waals surface area contributed by atoms with E-state index in [0.717, 1.165) is 63.4 Å². The molecule has 0 radical (unpaired) electrons. The first-order chi connectivity index (χ1) is 12.1. The van der Waals surface area contributed by atoms with E-state index in [1.165, 1.54) is 22.7 Å². The summed E-state index contributed by atoms with van der Waals surface area (Å²) in [7, 11) is 1.77. The van der Waals surface area contributed by atoms with Crippen LogP contribution < -0.4 is 10.6 Å². The number of nitrogens with one attached hydrogen (secondary N) is 2. The summed E-state index contributed by atoms with van der Waals surface area (Å²) in [6, 6.07) is 0.747. The highest BCUT2D eigenvalue weighted by Gasteiger charge is 2.28. The molecule has 1 aromatic rings. The van der Waals surface area contributed by atoms with Gasteiger partial charge in [-0.3, -0.25) is 9.89 Å². The summed E-state index contributed by atoms with van der Waals surface area (Å²) in [4.78, 5) is 13.1. The van der Waals surface area contributed by atoms with Crippen molar-refractivity contribution in [2.45, 2.75) is 46.1 Å². The molecule has 142 valence electrons. The predicted molar refractivity (Wildman–Crippen MR) is 106 cm³/mol. The Balaban J connectivity index is 1.74. The minimum absolute atomic E-state index is 0.747. The fourth-order valence-corrected chi connectivity index (χ4v) is 3.62. The van der Waals surface area contributed by atoms with Gasteiger partial charge in [0, 0.05) is 50.6 Å². The van der Waals surface area contributed by atoms with Gasteiger partial charge in [-0.05, 0) is 33.6 Å². The number of ether oxygens (including phenoxy) is 1. The first kappa shape index (κ1) is 20.1. The molecular formula is C18H33N5OS. The summed E-state index contributed by atoms with van der Waals surface area (Å²) in [6.07, 6.45) is 3.57. The highest BCUT2D eigenvalue weighted by Crippen LogP contribution is 2.26. The van der Waals surface area contributed by atoms with Gasteiger partial charge in [0.15, 0.2) is 5.96 Å². The Hall–Kier alpha value is -1.18. The van der Waals surface area contributed by atoms with Gasteiger partial charge < -0.3 is 15.4 Å². The van der Waals surface area contributed by atoms with Crippen molar-refractivity contribution in [2.24, 2.45) is 4.99 Å². The van der Waals surface area contributed by atoms with Crippen LogP contribution in [0.15, 0.2) is 4.99 Å². The summed E-state index contributed by atoms with van der Waals surface area (Å²) in [6.45, 7) is 11.6. The summed E-state index contributed by atoms with van der Waals surface area (Å²) < 4.78 is 5.21. The number of aromatic nitrogens is 1. The number of aliphatic imine (C=N–C) groups is 1. The standard InChI is InChI=1S/C18H33N5OS/c1-5-19-18(20-9-8-17-22-14(2)15(3)25-17)21-10-11-23(12-13-24-4)16-6-7-16/h16H,5-13H2,1-4H3,(H2,19,20,21). The molecular weight excluding hydrogens is 334 g/mol. The van der Waals surface area contributed by atoms with Gasteiger partial charge in [0.05, 0.1) is 23.9 Å². The van der Waals surface area contributed by atoms with Crippen LogP contribution in [0.4, 0.5) is 0 Å². The molecule has 0 aliphatic heterocycles. The molecule has 0 unspecified atom stereocenters. The van der Waals surface area contributed by atoms with Gasteiger partial charge in [-0.25, -0.2) is 4.98 Å². The fourth-order valence-electron chi connectivity index (χ4n) is 2.69. The Kier molecular flexibility index (Phi) is 8.64. The average Bonchev–Trinajstić information content (AvgIpc) is 3.37. The molecule has 0 saturated heterocycles. The molecule has 2 rings (SSSR count). The number of aryl methyl sites for hydroxylation is 2. The maximum atomic E-state index is 5.21. The Morgan fingerprint density at radius 2 is 2.12 bits per heavy atom. The minimum atomic E-state index is 0.747. The molecule has 1 fully saturated rings. The van der Waals surface area contributed by atoms with E-state index >= 15 is 0 Å². The van der Waals surface area contributed by atoms with E-state index in [1.54, 1.807) is 18.4 Å². The van der Waals surface area contributed by atoms with E-state index in [9.17, 15) is 0 Å². The topological polar surface area (TPSA) is 61.8 Å². The molecule has 0 atom stereocenters. The molecule has 7 heteroatoms. The lowest BCUT2D eigenvalue weighted by Crippen LogP contribution is -2.39. The van der Waals surface area contributed by atoms with Gasteiger partial charge in [0.1, 0.15) is 0 Å². The molecule has 6 nitrogen and oxygen atoms in total. The molecule has 0 aromatic carbocycles. The van der Waals surface area contributed by atoms with Gasteiger partial charge in [-0.15, -0.1) is 11.3 Å². The molecule has 1 aliphatic carbocycles. The predicted octanol–water partition coefficient (Wildman–Crippen LogP) is 1.97. The second-order valence-electron chi connectivity index (χ2n) is 6.45. The second-order valence-corrected chi connectivity index (χ2v) is 7.73. The van der Waals surface area contributed by atoms with Crippen molar-refractivity contribution in [2.75, 3.05) is 46.4 Å². The van der Waals surface area contributed by atoms with E-state index in [2.05, 4.69) is 41.3 Å². The highest BCUT2D eigenvalue weighted by molar-refractivity contribution is 7.11. The normalized spacial score (nSPS) is 15.0. The van der Waals surface area contributed by atoms with Crippen LogP contribution in [0.3, 0.4) is 0 Å². The lowest BCUT2D eigenvalue weighted by molar-refractivity contribution is 0.145. The first-order valence-electron chi connectivity index (χ1n) is 9.32. The van der Waals surface area contributed by atoms with Crippen LogP contribution in [0.25, 0.3) is 0 Å². The monoisotopic (exact) mass is 367 g/mol. The maximum Gasteiger partial charge on any atom is 0.191 e. The van der Waals surface area contributed by atoms with Crippen molar-refractivity contribution < 1.29 is 4.74 Å². The summed E-state index contributed by atoms with van der Waals surface area (Å²) >= 11 is 1.79. The highest BCUT2D eigenvalue weighted by atomic mass is 32.1. The smallest absolute Gasteiger partial charge is 0.191 e. The Morgan fingerprint density at radius 3 is 2.72 bits per heavy atom.